The molecule has 1 N–H and O–H groups in total. The van der Waals surface area contributed by atoms with Crippen molar-refractivity contribution in [1.29, 1.82) is 0 Å². The average Bonchev–Trinajstić information content (AvgIpc) is 3.42. The van der Waals surface area contributed by atoms with Gasteiger partial charge in [-0.1, -0.05) is 25.0 Å². The van der Waals surface area contributed by atoms with E-state index in [2.05, 4.69) is 29.5 Å². The molecule has 1 saturated carbocycles. The van der Waals surface area contributed by atoms with Crippen LogP contribution in [0.3, 0.4) is 0 Å². The van der Waals surface area contributed by atoms with Crippen LogP contribution in [0, 0.1) is 5.92 Å². The van der Waals surface area contributed by atoms with E-state index in [-0.39, 0.29) is 22.8 Å². The molecule has 2 fully saturated rings. The number of fused-ring (bicyclic) bond motifs is 1. The van der Waals surface area contributed by atoms with Gasteiger partial charge in [-0.25, -0.2) is 13.1 Å². The first-order valence-electron chi connectivity index (χ1n) is 11.1. The van der Waals surface area contributed by atoms with E-state index in [0.717, 1.165) is 24.8 Å². The van der Waals surface area contributed by atoms with E-state index in [1.54, 1.807) is 18.2 Å². The minimum atomic E-state index is -3.62. The van der Waals surface area contributed by atoms with Gasteiger partial charge in [0.2, 0.25) is 15.9 Å². The number of carbonyl (C=O) groups excluding carboxylic acids is 1. The SMILES string of the molecule is CC[C@H](C)n1nnc2cc(S(=O)(=O)N3CCC(C(=O)NC4CCCC4)CC3)ccc21. The zero-order chi connectivity index (χ0) is 21.3. The third kappa shape index (κ3) is 4.09. The summed E-state index contributed by atoms with van der Waals surface area (Å²) in [6.45, 7) is 4.87. The lowest BCUT2D eigenvalue weighted by Crippen LogP contribution is -2.44. The molecule has 1 aromatic carbocycles. The lowest BCUT2D eigenvalue weighted by molar-refractivity contribution is -0.126. The van der Waals surface area contributed by atoms with Gasteiger partial charge in [-0.15, -0.1) is 5.10 Å². The molecule has 30 heavy (non-hydrogen) atoms. The molecule has 1 amide bonds. The van der Waals surface area contributed by atoms with Gasteiger partial charge in [-0.3, -0.25) is 4.79 Å². The van der Waals surface area contributed by atoms with Crippen molar-refractivity contribution in [2.24, 2.45) is 5.92 Å². The first-order chi connectivity index (χ1) is 14.4. The first kappa shape index (κ1) is 21.2. The predicted octanol–water partition coefficient (Wildman–Crippen LogP) is 2.86. The van der Waals surface area contributed by atoms with Crippen molar-refractivity contribution in [1.82, 2.24) is 24.6 Å². The summed E-state index contributed by atoms with van der Waals surface area (Å²) in [5.41, 5.74) is 1.42. The zero-order valence-electron chi connectivity index (χ0n) is 17.7. The van der Waals surface area contributed by atoms with Gasteiger partial charge in [0.1, 0.15) is 5.52 Å². The molecule has 8 nitrogen and oxygen atoms in total. The number of piperidine rings is 1. The fourth-order valence-corrected chi connectivity index (χ4v) is 5.97. The Hall–Kier alpha value is -2.00. The molecule has 0 radical (unpaired) electrons. The summed E-state index contributed by atoms with van der Waals surface area (Å²) < 4.78 is 29.6. The summed E-state index contributed by atoms with van der Waals surface area (Å²) in [7, 11) is -3.62. The van der Waals surface area contributed by atoms with Crippen molar-refractivity contribution in [3.8, 4) is 0 Å². The molecule has 1 aromatic heterocycles. The Kier molecular flexibility index (Phi) is 6.11. The summed E-state index contributed by atoms with van der Waals surface area (Å²) in [4.78, 5) is 12.7. The normalized spacial score (nSPS) is 20.6. The molecule has 0 spiro atoms. The van der Waals surface area contributed by atoms with Gasteiger partial charge in [0.25, 0.3) is 0 Å². The molecule has 2 aromatic rings. The molecule has 0 unspecified atom stereocenters. The van der Waals surface area contributed by atoms with Gasteiger partial charge in [0, 0.05) is 25.0 Å². The van der Waals surface area contributed by atoms with Crippen molar-refractivity contribution in [2.45, 2.75) is 75.8 Å². The van der Waals surface area contributed by atoms with Crippen LogP contribution in [0.1, 0.15) is 64.8 Å². The molecule has 164 valence electrons. The smallest absolute Gasteiger partial charge is 0.243 e. The van der Waals surface area contributed by atoms with Crippen LogP contribution in [0.5, 0.6) is 0 Å². The van der Waals surface area contributed by atoms with Crippen molar-refractivity contribution in [3.05, 3.63) is 18.2 Å². The van der Waals surface area contributed by atoms with Crippen LogP contribution in [0.4, 0.5) is 0 Å². The van der Waals surface area contributed by atoms with Crippen LogP contribution in [0.25, 0.3) is 11.0 Å². The van der Waals surface area contributed by atoms with Crippen molar-refractivity contribution < 1.29 is 13.2 Å². The molecule has 1 atom stereocenters. The van der Waals surface area contributed by atoms with Gasteiger partial charge in [-0.05, 0) is 57.2 Å². The second-order valence-electron chi connectivity index (χ2n) is 8.61. The van der Waals surface area contributed by atoms with E-state index in [1.807, 2.05) is 4.68 Å². The average molecular weight is 434 g/mol. The molecule has 1 aliphatic carbocycles. The minimum absolute atomic E-state index is 0.0852. The second-order valence-corrected chi connectivity index (χ2v) is 10.5. The maximum Gasteiger partial charge on any atom is 0.243 e. The third-order valence-electron chi connectivity index (χ3n) is 6.61. The third-order valence-corrected chi connectivity index (χ3v) is 8.51. The van der Waals surface area contributed by atoms with Gasteiger partial charge in [0.15, 0.2) is 0 Å². The van der Waals surface area contributed by atoms with E-state index in [4.69, 9.17) is 0 Å². The maximum atomic E-state index is 13.2. The first-order valence-corrected chi connectivity index (χ1v) is 12.5. The Labute approximate surface area is 178 Å². The number of carbonyl (C=O) groups is 1. The topological polar surface area (TPSA) is 97.2 Å². The molecule has 4 rings (SSSR count). The highest BCUT2D eigenvalue weighted by molar-refractivity contribution is 7.89. The number of hydrogen-bond donors (Lipinski definition) is 1. The van der Waals surface area contributed by atoms with E-state index in [0.29, 0.717) is 37.5 Å². The van der Waals surface area contributed by atoms with E-state index < -0.39 is 10.0 Å². The highest BCUT2D eigenvalue weighted by Crippen LogP contribution is 2.27. The fourth-order valence-electron chi connectivity index (χ4n) is 4.48. The Morgan fingerprint density at radius 1 is 1.20 bits per heavy atom. The standard InChI is InChI=1S/C21H31N5O3S/c1-3-15(2)26-20-9-8-18(14-19(20)23-24-26)30(28,29)25-12-10-16(11-13-25)21(27)22-17-6-4-5-7-17/h8-9,14-17H,3-7,10-13H2,1-2H3,(H,22,27)/t15-/m0/s1. The molecular formula is C21H31N5O3S. The Morgan fingerprint density at radius 2 is 1.90 bits per heavy atom. The number of hydrogen-bond acceptors (Lipinski definition) is 5. The highest BCUT2D eigenvalue weighted by atomic mass is 32.2. The Balaban J connectivity index is 1.43. The Morgan fingerprint density at radius 3 is 2.57 bits per heavy atom. The molecule has 1 aliphatic heterocycles. The summed E-state index contributed by atoms with van der Waals surface area (Å²) in [6.07, 6.45) is 6.51. The maximum absolute atomic E-state index is 13.2. The van der Waals surface area contributed by atoms with E-state index in [1.165, 1.54) is 17.1 Å². The number of rotatable bonds is 6. The summed E-state index contributed by atoms with van der Waals surface area (Å²) >= 11 is 0. The number of nitrogens with one attached hydrogen (secondary N) is 1. The number of nitrogens with zero attached hydrogens (tertiary/aromatic N) is 4. The van der Waals surface area contributed by atoms with Gasteiger partial charge < -0.3 is 5.32 Å². The van der Waals surface area contributed by atoms with Crippen molar-refractivity contribution in [3.63, 3.8) is 0 Å². The minimum Gasteiger partial charge on any atom is -0.353 e. The van der Waals surface area contributed by atoms with Gasteiger partial charge >= 0.3 is 0 Å². The summed E-state index contributed by atoms with van der Waals surface area (Å²) in [5.74, 6) is -0.0167. The van der Waals surface area contributed by atoms with Crippen molar-refractivity contribution >= 4 is 27.0 Å². The van der Waals surface area contributed by atoms with Crippen LogP contribution >= 0.6 is 0 Å². The fraction of sp³-hybridized carbons (Fsp3) is 0.667. The van der Waals surface area contributed by atoms with Crippen LogP contribution in [-0.4, -0.2) is 52.8 Å². The summed E-state index contributed by atoms with van der Waals surface area (Å²) in [5, 5.41) is 11.5. The number of benzene rings is 1. The van der Waals surface area contributed by atoms with E-state index >= 15 is 0 Å². The molecule has 9 heteroatoms. The quantitative estimate of drug-likeness (QED) is 0.755. The van der Waals surface area contributed by atoms with Crippen LogP contribution in [-0.2, 0) is 14.8 Å². The zero-order valence-corrected chi connectivity index (χ0v) is 18.6. The van der Waals surface area contributed by atoms with Gasteiger partial charge in [-0.2, -0.15) is 4.31 Å². The molecule has 0 bridgehead atoms. The number of amides is 1. The van der Waals surface area contributed by atoms with Crippen LogP contribution < -0.4 is 5.32 Å². The monoisotopic (exact) mass is 433 g/mol. The highest BCUT2D eigenvalue weighted by Gasteiger charge is 2.33. The van der Waals surface area contributed by atoms with Crippen LogP contribution in [0.2, 0.25) is 0 Å². The molecule has 2 heterocycles. The number of aromatic nitrogens is 3. The molecule has 2 aliphatic rings. The largest absolute Gasteiger partial charge is 0.353 e. The second kappa shape index (κ2) is 8.63. The lowest BCUT2D eigenvalue weighted by Gasteiger charge is -2.31. The van der Waals surface area contributed by atoms with Crippen LogP contribution in [0.15, 0.2) is 23.1 Å². The van der Waals surface area contributed by atoms with Gasteiger partial charge in [0.05, 0.1) is 16.5 Å². The molecule has 1 saturated heterocycles. The Bertz CT molecular complexity index is 1000. The predicted molar refractivity (Wildman–Crippen MR) is 114 cm³/mol. The van der Waals surface area contributed by atoms with E-state index in [9.17, 15) is 13.2 Å². The molecular weight excluding hydrogens is 402 g/mol. The lowest BCUT2D eigenvalue weighted by atomic mass is 9.97. The number of sulfonamides is 1. The summed E-state index contributed by atoms with van der Waals surface area (Å²) in [6, 6.07) is 5.53. The van der Waals surface area contributed by atoms with Crippen molar-refractivity contribution in [2.75, 3.05) is 13.1 Å².